The van der Waals surface area contributed by atoms with Gasteiger partial charge in [0.05, 0.1) is 38.2 Å². The van der Waals surface area contributed by atoms with Crippen LogP contribution in [-0.4, -0.2) is 94.4 Å². The van der Waals surface area contributed by atoms with Gasteiger partial charge in [0.25, 0.3) is 0 Å². The molecule has 5 aliphatic rings. The van der Waals surface area contributed by atoms with Crippen molar-refractivity contribution in [2.45, 2.75) is 102 Å². The van der Waals surface area contributed by atoms with Crippen LogP contribution in [0.5, 0.6) is 0 Å². The number of amides is 4. The number of H-pyrrole nitrogens is 1. The average molecular weight is 762 g/mol. The summed E-state index contributed by atoms with van der Waals surface area (Å²) in [5.74, 6) is 0.838. The van der Waals surface area contributed by atoms with Gasteiger partial charge in [0, 0.05) is 30.9 Å². The molecule has 1 aromatic heterocycles. The zero-order chi connectivity index (χ0) is 39.2. The predicted octanol–water partition coefficient (Wildman–Crippen LogP) is 6.20. The van der Waals surface area contributed by atoms with Gasteiger partial charge in [-0.05, 0) is 109 Å². The molecule has 3 aliphatic heterocycles. The molecule has 2 saturated heterocycles. The molecule has 2 aliphatic carbocycles. The van der Waals surface area contributed by atoms with E-state index in [1.54, 1.807) is 6.92 Å². The van der Waals surface area contributed by atoms with E-state index in [1.807, 2.05) is 36.0 Å². The zero-order valence-electron chi connectivity index (χ0n) is 32.8. The number of likely N-dealkylation sites (tertiary alicyclic amines) is 2. The maximum Gasteiger partial charge on any atom is 0.407 e. The van der Waals surface area contributed by atoms with Gasteiger partial charge in [-0.1, -0.05) is 44.2 Å². The SMILES string of the molecule is COC(=O)N[C@@H](C)C(=O)N1[C@@H]2CC[C@@H](C2)[C@H]1C1=NC=C(c2ccc3c(c2)CCc2cc(-c4cnc([C@@H]5CCCN5C(=O)[C@@H](NC(=O)OC)C(C)C)[nH]4)ccc2-3)C1. The van der Waals surface area contributed by atoms with Gasteiger partial charge in [-0.3, -0.25) is 14.6 Å². The van der Waals surface area contributed by atoms with Crippen molar-refractivity contribution in [2.75, 3.05) is 20.8 Å². The molecule has 1 saturated carbocycles. The molecule has 56 heavy (non-hydrogen) atoms. The third-order valence-electron chi connectivity index (χ3n) is 12.5. The Balaban J connectivity index is 0.947. The van der Waals surface area contributed by atoms with Crippen LogP contribution in [0.3, 0.4) is 0 Å². The van der Waals surface area contributed by atoms with Gasteiger partial charge in [0.1, 0.15) is 17.9 Å². The molecule has 8 rings (SSSR count). The van der Waals surface area contributed by atoms with Gasteiger partial charge >= 0.3 is 12.2 Å². The van der Waals surface area contributed by atoms with Crippen LogP contribution in [0.1, 0.15) is 87.9 Å². The van der Waals surface area contributed by atoms with E-state index in [0.29, 0.717) is 18.9 Å². The molecule has 2 aromatic carbocycles. The van der Waals surface area contributed by atoms with E-state index < -0.39 is 24.3 Å². The number of hydrogen-bond donors (Lipinski definition) is 3. The molecular formula is C43H51N7O6. The second kappa shape index (κ2) is 15.2. The summed E-state index contributed by atoms with van der Waals surface area (Å²) in [5.41, 5.74) is 10.4. The quantitative estimate of drug-likeness (QED) is 0.235. The number of benzene rings is 2. The highest BCUT2D eigenvalue weighted by Gasteiger charge is 2.51. The number of nitrogens with zero attached hydrogens (tertiary/aromatic N) is 4. The molecule has 4 amide bonds. The molecule has 0 radical (unpaired) electrons. The van der Waals surface area contributed by atoms with Crippen molar-refractivity contribution in [3.05, 3.63) is 71.3 Å². The fraction of sp³-hybridized carbons (Fsp3) is 0.488. The number of nitrogens with one attached hydrogen (secondary N) is 3. The average Bonchev–Trinajstić information content (AvgIpc) is 4.06. The highest BCUT2D eigenvalue weighted by Crippen LogP contribution is 2.46. The number of rotatable bonds is 9. The minimum absolute atomic E-state index is 0.0475. The molecule has 13 nitrogen and oxygen atoms in total. The van der Waals surface area contributed by atoms with E-state index >= 15 is 0 Å². The fourth-order valence-electron chi connectivity index (χ4n) is 9.67. The summed E-state index contributed by atoms with van der Waals surface area (Å²) in [6.45, 7) is 6.15. The third-order valence-corrected chi connectivity index (χ3v) is 12.5. The molecule has 0 spiro atoms. The number of hydrogen-bond acceptors (Lipinski definition) is 8. The van der Waals surface area contributed by atoms with E-state index in [1.165, 1.54) is 36.5 Å². The van der Waals surface area contributed by atoms with E-state index in [-0.39, 0.29) is 35.9 Å². The minimum atomic E-state index is -0.680. The number of methoxy groups -OCH3 is 2. The fourth-order valence-corrected chi connectivity index (χ4v) is 9.67. The largest absolute Gasteiger partial charge is 0.453 e. The van der Waals surface area contributed by atoms with E-state index in [4.69, 9.17) is 19.5 Å². The van der Waals surface area contributed by atoms with Crippen LogP contribution in [0, 0.1) is 11.8 Å². The number of carbonyl (C=O) groups is 4. The van der Waals surface area contributed by atoms with Crippen molar-refractivity contribution in [3.8, 4) is 22.4 Å². The van der Waals surface area contributed by atoms with Gasteiger partial charge in [-0.25, -0.2) is 14.6 Å². The lowest BCUT2D eigenvalue weighted by atomic mass is 9.82. The predicted molar refractivity (Wildman–Crippen MR) is 212 cm³/mol. The zero-order valence-corrected chi connectivity index (χ0v) is 32.8. The smallest absolute Gasteiger partial charge is 0.407 e. The molecule has 6 atom stereocenters. The summed E-state index contributed by atoms with van der Waals surface area (Å²) in [4.78, 5) is 68.0. The molecule has 294 valence electrons. The van der Waals surface area contributed by atoms with Gasteiger partial charge in [0.15, 0.2) is 0 Å². The molecule has 2 bridgehead atoms. The first-order valence-corrected chi connectivity index (χ1v) is 19.9. The number of ether oxygens (including phenoxy) is 2. The maximum atomic E-state index is 13.6. The van der Waals surface area contributed by atoms with E-state index in [0.717, 1.165) is 78.9 Å². The van der Waals surface area contributed by atoms with Gasteiger partial charge < -0.3 is 34.9 Å². The second-order valence-electron chi connectivity index (χ2n) is 16.2. The van der Waals surface area contributed by atoms with Crippen LogP contribution in [0.15, 0.2) is 53.8 Å². The molecule has 3 N–H and O–H groups in total. The number of aliphatic imine (C=N–C) groups is 1. The number of allylic oxidation sites excluding steroid dienone is 1. The minimum Gasteiger partial charge on any atom is -0.453 e. The monoisotopic (exact) mass is 761 g/mol. The Bertz CT molecular complexity index is 2120. The molecule has 0 unspecified atom stereocenters. The third kappa shape index (κ3) is 6.85. The number of aryl methyl sites for hydroxylation is 2. The number of piperidine rings is 1. The van der Waals surface area contributed by atoms with E-state index in [9.17, 15) is 19.2 Å². The lowest BCUT2D eigenvalue weighted by Gasteiger charge is -2.37. The van der Waals surface area contributed by atoms with Crippen molar-refractivity contribution in [2.24, 2.45) is 16.8 Å². The summed E-state index contributed by atoms with van der Waals surface area (Å²) in [6, 6.07) is 11.9. The van der Waals surface area contributed by atoms with Crippen molar-refractivity contribution in [3.63, 3.8) is 0 Å². The standard InChI is InChI=1S/C43H51N7O6/c1-23(2)37(48-43(54)56-5)41(52)49-16-6-7-36(49)39-45-22-35(47-39)28-12-15-33-27(18-28)9-8-26-17-25(11-14-32(26)33)30-20-34(44-21-30)38-29-10-13-31(19-29)50(38)40(51)24(3)46-42(53)55-4/h11-12,14-15,17-18,21-24,29,31,36-38H,6-10,13,16,19-20H2,1-5H3,(H,45,47)(H,46,53)(H,48,54)/t24-,29-,31+,36-,37-,38-/m0/s1. The molecule has 3 fully saturated rings. The van der Waals surface area contributed by atoms with Crippen molar-refractivity contribution in [1.29, 1.82) is 0 Å². The Kier molecular flexibility index (Phi) is 10.2. The molecule has 13 heteroatoms. The summed E-state index contributed by atoms with van der Waals surface area (Å²) in [6.07, 6.45) is 9.86. The number of alkyl carbamates (subject to hydrolysis) is 2. The Morgan fingerprint density at radius 1 is 0.875 bits per heavy atom. The topological polar surface area (TPSA) is 158 Å². The highest BCUT2D eigenvalue weighted by molar-refractivity contribution is 6.04. The van der Waals surface area contributed by atoms with Crippen LogP contribution in [0.2, 0.25) is 0 Å². The van der Waals surface area contributed by atoms with Crippen LogP contribution < -0.4 is 10.6 Å². The highest BCUT2D eigenvalue weighted by atomic mass is 16.5. The first-order chi connectivity index (χ1) is 27.0. The summed E-state index contributed by atoms with van der Waals surface area (Å²) < 4.78 is 9.51. The van der Waals surface area contributed by atoms with Gasteiger partial charge in [-0.15, -0.1) is 0 Å². The van der Waals surface area contributed by atoms with Crippen LogP contribution in [0.4, 0.5) is 9.59 Å². The Morgan fingerprint density at radius 2 is 1.57 bits per heavy atom. The number of fused-ring (bicyclic) bond motifs is 5. The molecule has 4 heterocycles. The Hall–Kier alpha value is -5.46. The molecule has 3 aromatic rings. The summed E-state index contributed by atoms with van der Waals surface area (Å²) >= 11 is 0. The number of aromatic nitrogens is 2. The summed E-state index contributed by atoms with van der Waals surface area (Å²) in [7, 11) is 2.60. The summed E-state index contributed by atoms with van der Waals surface area (Å²) in [5, 5.41) is 5.37. The van der Waals surface area contributed by atoms with Crippen LogP contribution in [0.25, 0.3) is 28.0 Å². The Morgan fingerprint density at radius 3 is 2.29 bits per heavy atom. The lowest BCUT2D eigenvalue weighted by molar-refractivity contribution is -0.136. The van der Waals surface area contributed by atoms with Crippen LogP contribution in [-0.2, 0) is 31.9 Å². The Labute approximate surface area is 327 Å². The first kappa shape index (κ1) is 37.5. The molecular weight excluding hydrogens is 711 g/mol. The number of imidazole rings is 1. The maximum absolute atomic E-state index is 13.6. The first-order valence-electron chi connectivity index (χ1n) is 19.9. The van der Waals surface area contributed by atoms with Crippen molar-refractivity contribution in [1.82, 2.24) is 30.4 Å². The van der Waals surface area contributed by atoms with Crippen LogP contribution >= 0.6 is 0 Å². The van der Waals surface area contributed by atoms with Gasteiger partial charge in [-0.2, -0.15) is 0 Å². The normalized spacial score (nSPS) is 23.2. The second-order valence-corrected chi connectivity index (χ2v) is 16.2. The number of carbonyl (C=O) groups excluding carboxylic acids is 4. The van der Waals surface area contributed by atoms with Crippen molar-refractivity contribution < 1.29 is 28.7 Å². The van der Waals surface area contributed by atoms with Gasteiger partial charge in [0.2, 0.25) is 11.8 Å². The number of aromatic amines is 1. The van der Waals surface area contributed by atoms with Crippen molar-refractivity contribution >= 4 is 35.3 Å². The van der Waals surface area contributed by atoms with E-state index in [2.05, 4.69) is 52.0 Å². The lowest BCUT2D eigenvalue weighted by Crippen LogP contribution is -2.55.